The van der Waals surface area contributed by atoms with Crippen molar-refractivity contribution < 1.29 is 18.8 Å². The van der Waals surface area contributed by atoms with Gasteiger partial charge in [-0.05, 0) is 55.0 Å². The van der Waals surface area contributed by atoms with Crippen molar-refractivity contribution >= 4 is 63.2 Å². The van der Waals surface area contributed by atoms with Crippen molar-refractivity contribution in [2.24, 2.45) is 0 Å². The van der Waals surface area contributed by atoms with Crippen LogP contribution < -0.4 is 16.0 Å². The molecule has 0 spiro atoms. The molecule has 0 aliphatic carbocycles. The number of nitrogens with one attached hydrogen (secondary N) is 3. The molecule has 2 amide bonds. The first kappa shape index (κ1) is 23.9. The number of anilines is 2. The van der Waals surface area contributed by atoms with Crippen molar-refractivity contribution in [3.8, 4) is 0 Å². The number of allylic oxidation sites excluding steroid dienone is 1. The Bertz CT molecular complexity index is 1250. The quantitative estimate of drug-likeness (QED) is 0.270. The van der Waals surface area contributed by atoms with Crippen LogP contribution in [0.5, 0.6) is 0 Å². The molecule has 0 bridgehead atoms. The molecule has 33 heavy (non-hydrogen) atoms. The van der Waals surface area contributed by atoms with Gasteiger partial charge in [0.2, 0.25) is 5.91 Å². The Hall–Kier alpha value is -3.76. The molecule has 168 valence electrons. The molecule has 3 aromatic rings. The number of aryl methyl sites for hydroxylation is 1. The minimum atomic E-state index is -0.692. The van der Waals surface area contributed by atoms with E-state index in [1.54, 1.807) is 43.3 Å². The molecule has 0 saturated carbocycles. The number of amides is 2. The summed E-state index contributed by atoms with van der Waals surface area (Å²) in [6, 6.07) is 12.6. The Kier molecular flexibility index (Phi) is 7.75. The molecule has 0 fully saturated rings. The van der Waals surface area contributed by atoms with Gasteiger partial charge in [0.15, 0.2) is 16.0 Å². The van der Waals surface area contributed by atoms with E-state index < -0.39 is 11.7 Å². The number of hydrogen-bond donors (Lipinski definition) is 3. The summed E-state index contributed by atoms with van der Waals surface area (Å²) in [6.45, 7) is 3.11. The third-order valence-corrected chi connectivity index (χ3v) is 5.54. The number of ketones is 1. The van der Waals surface area contributed by atoms with Crippen LogP contribution in [-0.2, 0) is 4.79 Å². The highest BCUT2D eigenvalue weighted by molar-refractivity contribution is 7.80. The summed E-state index contributed by atoms with van der Waals surface area (Å²) in [6.07, 6.45) is 3.08. The summed E-state index contributed by atoms with van der Waals surface area (Å²) < 4.78 is 13.7. The van der Waals surface area contributed by atoms with Crippen molar-refractivity contribution in [3.63, 3.8) is 0 Å². The number of aromatic nitrogens is 1. The number of thiazole rings is 1. The monoisotopic (exact) mass is 482 g/mol. The highest BCUT2D eigenvalue weighted by Crippen LogP contribution is 2.24. The lowest BCUT2D eigenvalue weighted by Gasteiger charge is -2.07. The van der Waals surface area contributed by atoms with Crippen molar-refractivity contribution in [1.29, 1.82) is 0 Å². The molecule has 0 saturated heterocycles. The normalized spacial score (nSPS) is 10.6. The van der Waals surface area contributed by atoms with Gasteiger partial charge in [-0.15, -0.1) is 0 Å². The number of hydrogen-bond acceptors (Lipinski definition) is 6. The van der Waals surface area contributed by atoms with Crippen LogP contribution in [0.2, 0.25) is 0 Å². The Morgan fingerprint density at radius 1 is 1.06 bits per heavy atom. The Morgan fingerprint density at radius 3 is 2.42 bits per heavy atom. The first-order valence-electron chi connectivity index (χ1n) is 9.67. The first-order valence-corrected chi connectivity index (χ1v) is 10.9. The van der Waals surface area contributed by atoms with Gasteiger partial charge < -0.3 is 10.6 Å². The molecular formula is C23H19FN4O3S2. The van der Waals surface area contributed by atoms with Crippen LogP contribution in [0.15, 0.2) is 54.6 Å². The number of thiocarbonyl (C=S) groups is 1. The summed E-state index contributed by atoms with van der Waals surface area (Å²) in [5, 5.41) is 8.07. The Morgan fingerprint density at radius 2 is 1.76 bits per heavy atom. The Labute approximate surface area is 198 Å². The zero-order chi connectivity index (χ0) is 24.0. The summed E-state index contributed by atoms with van der Waals surface area (Å²) in [5.74, 6) is -1.76. The highest BCUT2D eigenvalue weighted by atomic mass is 32.1. The van der Waals surface area contributed by atoms with Crippen molar-refractivity contribution in [1.82, 2.24) is 10.3 Å². The molecule has 2 aromatic carbocycles. The van der Waals surface area contributed by atoms with Crippen LogP contribution in [0.4, 0.5) is 15.2 Å². The lowest BCUT2D eigenvalue weighted by Crippen LogP contribution is -2.34. The maximum absolute atomic E-state index is 13.7. The number of carbonyl (C=O) groups is 3. The number of benzene rings is 2. The van der Waals surface area contributed by atoms with Crippen molar-refractivity contribution in [2.75, 3.05) is 10.6 Å². The predicted molar refractivity (Wildman–Crippen MR) is 131 cm³/mol. The minimum Gasteiger partial charge on any atom is -0.326 e. The summed E-state index contributed by atoms with van der Waals surface area (Å²) in [4.78, 5) is 40.5. The molecule has 0 unspecified atom stereocenters. The van der Waals surface area contributed by atoms with Gasteiger partial charge in [0.1, 0.15) is 5.82 Å². The van der Waals surface area contributed by atoms with Crippen LogP contribution in [0, 0.1) is 12.7 Å². The maximum Gasteiger partial charge on any atom is 0.260 e. The number of nitrogens with zero attached hydrogens (tertiary/aromatic N) is 1. The van der Waals surface area contributed by atoms with Gasteiger partial charge in [0.25, 0.3) is 5.91 Å². The lowest BCUT2D eigenvalue weighted by atomic mass is 10.1. The molecule has 7 nitrogen and oxygen atoms in total. The van der Waals surface area contributed by atoms with Crippen LogP contribution >= 0.6 is 23.6 Å². The second kappa shape index (κ2) is 10.7. The van der Waals surface area contributed by atoms with Crippen LogP contribution in [-0.4, -0.2) is 27.7 Å². The van der Waals surface area contributed by atoms with E-state index in [1.165, 1.54) is 31.2 Å². The summed E-state index contributed by atoms with van der Waals surface area (Å²) in [7, 11) is 0. The predicted octanol–water partition coefficient (Wildman–Crippen LogP) is 4.57. The minimum absolute atomic E-state index is 0.0641. The molecule has 10 heteroatoms. The third-order valence-electron chi connectivity index (χ3n) is 4.24. The van der Waals surface area contributed by atoms with Gasteiger partial charge in [-0.1, -0.05) is 41.7 Å². The van der Waals surface area contributed by atoms with E-state index in [0.717, 1.165) is 16.9 Å². The largest absolute Gasteiger partial charge is 0.326 e. The van der Waals surface area contributed by atoms with E-state index in [-0.39, 0.29) is 22.4 Å². The molecule has 0 atom stereocenters. The zero-order valence-corrected chi connectivity index (χ0v) is 19.3. The van der Waals surface area contributed by atoms with E-state index >= 15 is 0 Å². The second-order valence-corrected chi connectivity index (χ2v) is 8.23. The van der Waals surface area contributed by atoms with Gasteiger partial charge in [0.05, 0.1) is 16.1 Å². The fraction of sp³-hybridized carbons (Fsp3) is 0.0870. The first-order chi connectivity index (χ1) is 15.7. The molecule has 0 radical (unpaired) electrons. The third kappa shape index (κ3) is 6.61. The molecule has 3 rings (SSSR count). The van der Waals surface area contributed by atoms with Gasteiger partial charge in [-0.3, -0.25) is 19.7 Å². The smallest absolute Gasteiger partial charge is 0.260 e. The summed E-state index contributed by atoms with van der Waals surface area (Å²) in [5.41, 5.74) is 1.82. The number of halogens is 1. The van der Waals surface area contributed by atoms with Crippen LogP contribution in [0.3, 0.4) is 0 Å². The molecule has 0 aliphatic rings. The van der Waals surface area contributed by atoms with Crippen LogP contribution in [0.25, 0.3) is 6.08 Å². The average molecular weight is 483 g/mol. The maximum atomic E-state index is 13.7. The lowest BCUT2D eigenvalue weighted by molar-refractivity contribution is -0.114. The number of rotatable bonds is 6. The molecule has 1 heterocycles. The Balaban J connectivity index is 1.62. The van der Waals surface area contributed by atoms with Crippen molar-refractivity contribution in [2.45, 2.75) is 13.8 Å². The topological polar surface area (TPSA) is 100 Å². The van der Waals surface area contributed by atoms with E-state index in [9.17, 15) is 18.8 Å². The molecule has 3 N–H and O–H groups in total. The molecule has 1 aromatic heterocycles. The van der Waals surface area contributed by atoms with Gasteiger partial charge in [-0.2, -0.15) is 0 Å². The van der Waals surface area contributed by atoms with E-state index in [4.69, 9.17) is 12.2 Å². The fourth-order valence-corrected chi connectivity index (χ4v) is 3.90. The molecular weight excluding hydrogens is 463 g/mol. The van der Waals surface area contributed by atoms with Gasteiger partial charge in [-0.25, -0.2) is 9.37 Å². The summed E-state index contributed by atoms with van der Waals surface area (Å²) >= 11 is 6.18. The number of carbonyl (C=O) groups excluding carboxylic acids is 3. The van der Waals surface area contributed by atoms with Gasteiger partial charge in [0, 0.05) is 12.6 Å². The SMILES string of the molecule is CC(=O)Nc1ccc(C=CC(=O)c2sc(NC(=S)NC(=O)c3ccccc3F)nc2C)cc1. The average Bonchev–Trinajstić information content (AvgIpc) is 3.12. The van der Waals surface area contributed by atoms with Gasteiger partial charge >= 0.3 is 0 Å². The second-order valence-electron chi connectivity index (χ2n) is 6.82. The zero-order valence-electron chi connectivity index (χ0n) is 17.6. The van der Waals surface area contributed by atoms with Crippen LogP contribution in [0.1, 0.15) is 38.2 Å². The standard InChI is InChI=1S/C23H19FN4O3S2/c1-13-20(19(30)12-9-15-7-10-16(11-8-15)26-14(2)29)33-23(25-13)28-22(32)27-21(31)17-5-3-4-6-18(17)24/h3-12H,1-2H3,(H,26,29)(H2,25,27,28,31,32). The molecule has 0 aliphatic heterocycles. The van der Waals surface area contributed by atoms with E-state index in [1.807, 2.05) is 0 Å². The van der Waals surface area contributed by atoms with Crippen molar-refractivity contribution in [3.05, 3.63) is 82.1 Å². The fourth-order valence-electron chi connectivity index (χ4n) is 2.75. The van der Waals surface area contributed by atoms with E-state index in [0.29, 0.717) is 21.4 Å². The highest BCUT2D eigenvalue weighted by Gasteiger charge is 2.16. The van der Waals surface area contributed by atoms with E-state index in [2.05, 4.69) is 20.9 Å².